The van der Waals surface area contributed by atoms with Crippen LogP contribution < -0.4 is 10.1 Å². The molecule has 1 heterocycles. The summed E-state index contributed by atoms with van der Waals surface area (Å²) >= 11 is 1.65. The molecule has 1 unspecified atom stereocenters. The van der Waals surface area contributed by atoms with Crippen molar-refractivity contribution in [3.63, 3.8) is 0 Å². The normalized spacial score (nSPS) is 12.4. The summed E-state index contributed by atoms with van der Waals surface area (Å²) in [6, 6.07) is 6.59. The third-order valence-corrected chi connectivity index (χ3v) is 3.93. The smallest absolute Gasteiger partial charge is 0.131 e. The SMILES string of the molecule is CNC(C)c1ccc(C)cc1OCc1csc(C)n1. The van der Waals surface area contributed by atoms with Crippen molar-refractivity contribution in [2.24, 2.45) is 0 Å². The molecule has 0 radical (unpaired) electrons. The van der Waals surface area contributed by atoms with Crippen LogP contribution >= 0.6 is 11.3 Å². The van der Waals surface area contributed by atoms with E-state index in [1.807, 2.05) is 19.4 Å². The Hall–Kier alpha value is -1.39. The third kappa shape index (κ3) is 3.55. The third-order valence-electron chi connectivity index (χ3n) is 3.11. The average Bonchev–Trinajstić information content (AvgIpc) is 2.81. The predicted molar refractivity (Wildman–Crippen MR) is 79.8 cm³/mol. The van der Waals surface area contributed by atoms with E-state index >= 15 is 0 Å². The summed E-state index contributed by atoms with van der Waals surface area (Å²) in [5.74, 6) is 0.938. The summed E-state index contributed by atoms with van der Waals surface area (Å²) in [6.45, 7) is 6.74. The first kappa shape index (κ1) is 14.0. The molecule has 0 fully saturated rings. The number of nitrogens with one attached hydrogen (secondary N) is 1. The lowest BCUT2D eigenvalue weighted by Gasteiger charge is -2.16. The van der Waals surface area contributed by atoms with Gasteiger partial charge in [-0.05, 0) is 39.4 Å². The van der Waals surface area contributed by atoms with Crippen LogP contribution in [0.3, 0.4) is 0 Å². The van der Waals surface area contributed by atoms with Crippen molar-refractivity contribution in [1.29, 1.82) is 0 Å². The van der Waals surface area contributed by atoms with Crippen molar-refractivity contribution in [3.8, 4) is 5.75 Å². The Kier molecular flexibility index (Phi) is 4.56. The Labute approximate surface area is 118 Å². The van der Waals surface area contributed by atoms with Crippen LogP contribution in [0.25, 0.3) is 0 Å². The minimum atomic E-state index is 0.271. The summed E-state index contributed by atoms with van der Waals surface area (Å²) in [5.41, 5.74) is 3.38. The van der Waals surface area contributed by atoms with E-state index in [4.69, 9.17) is 4.74 Å². The highest BCUT2D eigenvalue weighted by Crippen LogP contribution is 2.27. The fraction of sp³-hybridized carbons (Fsp3) is 0.400. The lowest BCUT2D eigenvalue weighted by molar-refractivity contribution is 0.296. The molecule has 0 aliphatic carbocycles. The maximum Gasteiger partial charge on any atom is 0.131 e. The first-order chi connectivity index (χ1) is 9.10. The van der Waals surface area contributed by atoms with Crippen molar-refractivity contribution >= 4 is 11.3 Å². The van der Waals surface area contributed by atoms with Crippen molar-refractivity contribution in [3.05, 3.63) is 45.4 Å². The average molecular weight is 276 g/mol. The highest BCUT2D eigenvalue weighted by molar-refractivity contribution is 7.09. The Morgan fingerprint density at radius 2 is 2.16 bits per heavy atom. The van der Waals surface area contributed by atoms with Crippen molar-refractivity contribution < 1.29 is 4.74 Å². The summed E-state index contributed by atoms with van der Waals surface area (Å²) in [5, 5.41) is 6.37. The molecule has 0 saturated heterocycles. The molecule has 1 N–H and O–H groups in total. The molecule has 0 bridgehead atoms. The van der Waals surface area contributed by atoms with Gasteiger partial charge in [0.2, 0.25) is 0 Å². The van der Waals surface area contributed by atoms with Gasteiger partial charge in [0.05, 0.1) is 10.7 Å². The molecular formula is C15H20N2OS. The highest BCUT2D eigenvalue weighted by atomic mass is 32.1. The van der Waals surface area contributed by atoms with Gasteiger partial charge < -0.3 is 10.1 Å². The van der Waals surface area contributed by atoms with Crippen LogP contribution in [-0.2, 0) is 6.61 Å². The van der Waals surface area contributed by atoms with E-state index < -0.39 is 0 Å². The topological polar surface area (TPSA) is 34.1 Å². The first-order valence-corrected chi connectivity index (χ1v) is 7.29. The largest absolute Gasteiger partial charge is 0.487 e. The van der Waals surface area contributed by atoms with E-state index in [1.165, 1.54) is 11.1 Å². The van der Waals surface area contributed by atoms with E-state index in [2.05, 4.69) is 42.3 Å². The summed E-state index contributed by atoms with van der Waals surface area (Å²) in [6.07, 6.45) is 0. The first-order valence-electron chi connectivity index (χ1n) is 6.41. The van der Waals surface area contributed by atoms with Crippen molar-refractivity contribution in [1.82, 2.24) is 10.3 Å². The Balaban J connectivity index is 2.16. The number of aryl methyl sites for hydroxylation is 2. The lowest BCUT2D eigenvalue weighted by Crippen LogP contribution is -2.14. The second-order valence-electron chi connectivity index (χ2n) is 4.70. The molecule has 1 aromatic carbocycles. The summed E-state index contributed by atoms with van der Waals surface area (Å²) in [4.78, 5) is 4.42. The highest BCUT2D eigenvalue weighted by Gasteiger charge is 2.11. The maximum atomic E-state index is 5.94. The maximum absolute atomic E-state index is 5.94. The number of thiazole rings is 1. The molecule has 1 aromatic heterocycles. The number of nitrogens with zero attached hydrogens (tertiary/aromatic N) is 1. The van der Waals surface area contributed by atoms with Gasteiger partial charge >= 0.3 is 0 Å². The van der Waals surface area contributed by atoms with E-state index in [9.17, 15) is 0 Å². The molecule has 0 amide bonds. The number of ether oxygens (including phenoxy) is 1. The number of hydrogen-bond donors (Lipinski definition) is 1. The van der Waals surface area contributed by atoms with E-state index in [1.54, 1.807) is 11.3 Å². The fourth-order valence-electron chi connectivity index (χ4n) is 1.91. The molecule has 0 aliphatic rings. The van der Waals surface area contributed by atoms with Gasteiger partial charge in [-0.15, -0.1) is 11.3 Å². The lowest BCUT2D eigenvalue weighted by atomic mass is 10.1. The van der Waals surface area contributed by atoms with Crippen LogP contribution in [0.2, 0.25) is 0 Å². The van der Waals surface area contributed by atoms with Gasteiger partial charge in [0.1, 0.15) is 12.4 Å². The molecule has 19 heavy (non-hydrogen) atoms. The van der Waals surface area contributed by atoms with Crippen molar-refractivity contribution in [2.45, 2.75) is 33.4 Å². The summed E-state index contributed by atoms with van der Waals surface area (Å²) < 4.78 is 5.94. The number of hydrogen-bond acceptors (Lipinski definition) is 4. The van der Waals surface area contributed by atoms with Crippen LogP contribution in [0.4, 0.5) is 0 Å². The molecule has 0 aliphatic heterocycles. The zero-order valence-corrected chi connectivity index (χ0v) is 12.7. The van der Waals surface area contributed by atoms with Crippen LogP contribution in [0.5, 0.6) is 5.75 Å². The van der Waals surface area contributed by atoms with Crippen LogP contribution in [0, 0.1) is 13.8 Å². The summed E-state index contributed by atoms with van der Waals surface area (Å²) in [7, 11) is 1.96. The van der Waals surface area contributed by atoms with Crippen LogP contribution in [0.1, 0.15) is 34.8 Å². The molecule has 3 nitrogen and oxygen atoms in total. The Morgan fingerprint density at radius 1 is 1.37 bits per heavy atom. The molecule has 0 saturated carbocycles. The van der Waals surface area contributed by atoms with Crippen LogP contribution in [0.15, 0.2) is 23.6 Å². The fourth-order valence-corrected chi connectivity index (χ4v) is 2.50. The molecular weight excluding hydrogens is 256 g/mol. The van der Waals surface area contributed by atoms with E-state index in [-0.39, 0.29) is 6.04 Å². The van der Waals surface area contributed by atoms with Gasteiger partial charge in [0, 0.05) is 17.0 Å². The second-order valence-corrected chi connectivity index (χ2v) is 5.76. The van der Waals surface area contributed by atoms with Crippen LogP contribution in [-0.4, -0.2) is 12.0 Å². The van der Waals surface area contributed by atoms with Gasteiger partial charge in [0.25, 0.3) is 0 Å². The monoisotopic (exact) mass is 276 g/mol. The zero-order chi connectivity index (χ0) is 13.8. The van der Waals surface area contributed by atoms with Gasteiger partial charge in [-0.25, -0.2) is 4.98 Å². The molecule has 0 spiro atoms. The number of aromatic nitrogens is 1. The molecule has 4 heteroatoms. The van der Waals surface area contributed by atoms with Gasteiger partial charge in [-0.2, -0.15) is 0 Å². The Bertz CT molecular complexity index is 551. The standard InChI is InChI=1S/C15H20N2OS/c1-10-5-6-14(11(2)16-4)15(7-10)18-8-13-9-19-12(3)17-13/h5-7,9,11,16H,8H2,1-4H3. The number of benzene rings is 1. The quantitative estimate of drug-likeness (QED) is 0.905. The molecule has 102 valence electrons. The van der Waals surface area contributed by atoms with E-state index in [0.29, 0.717) is 6.61 Å². The van der Waals surface area contributed by atoms with Gasteiger partial charge in [-0.3, -0.25) is 0 Å². The zero-order valence-electron chi connectivity index (χ0n) is 11.9. The molecule has 2 rings (SSSR count). The minimum Gasteiger partial charge on any atom is -0.487 e. The Morgan fingerprint density at radius 3 is 2.79 bits per heavy atom. The van der Waals surface area contributed by atoms with Gasteiger partial charge in [-0.1, -0.05) is 12.1 Å². The molecule has 2 aromatic rings. The van der Waals surface area contributed by atoms with Gasteiger partial charge in [0.15, 0.2) is 0 Å². The van der Waals surface area contributed by atoms with E-state index in [0.717, 1.165) is 16.5 Å². The van der Waals surface area contributed by atoms with Crippen molar-refractivity contribution in [2.75, 3.05) is 7.05 Å². The predicted octanol–water partition coefficient (Wildman–Crippen LogP) is 3.62. The molecule has 1 atom stereocenters. The minimum absolute atomic E-state index is 0.271. The number of rotatable bonds is 5. The second kappa shape index (κ2) is 6.17.